The van der Waals surface area contributed by atoms with E-state index in [4.69, 9.17) is 9.47 Å². The van der Waals surface area contributed by atoms with Crippen molar-refractivity contribution in [3.63, 3.8) is 0 Å². The second-order valence-corrected chi connectivity index (χ2v) is 6.91. The molecule has 146 valence electrons. The number of nitrogens with zero attached hydrogens (tertiary/aromatic N) is 2. The zero-order valence-corrected chi connectivity index (χ0v) is 16.1. The third-order valence-electron chi connectivity index (χ3n) is 3.29. The summed E-state index contributed by atoms with van der Waals surface area (Å²) in [6, 6.07) is 11.7. The summed E-state index contributed by atoms with van der Waals surface area (Å²) in [5, 5.41) is 10.1. The van der Waals surface area contributed by atoms with Crippen LogP contribution in [-0.4, -0.2) is 33.9 Å². The third kappa shape index (κ3) is 7.87. The van der Waals surface area contributed by atoms with Gasteiger partial charge in [-0.1, -0.05) is 36.3 Å². The first-order chi connectivity index (χ1) is 13.3. The lowest BCUT2D eigenvalue weighted by Crippen LogP contribution is -2.44. The number of ether oxygens (including phenoxy) is 2. The SMILES string of the molecule is CC(C)(C)OC(=O)NC(CC#Cc1cccnn1)C(=O)OCc1ccccc1. The van der Waals surface area contributed by atoms with Gasteiger partial charge < -0.3 is 14.8 Å². The number of carbonyl (C=O) groups is 2. The van der Waals surface area contributed by atoms with E-state index in [0.29, 0.717) is 5.69 Å². The number of hydrogen-bond donors (Lipinski definition) is 1. The quantitative estimate of drug-likeness (QED) is 0.633. The Bertz CT molecular complexity index is 837. The van der Waals surface area contributed by atoms with Gasteiger partial charge in [-0.05, 0) is 44.4 Å². The number of aromatic nitrogens is 2. The standard InChI is InChI=1S/C21H23N3O4/c1-21(2,3)28-20(26)23-18(13-7-11-17-12-8-14-22-24-17)19(25)27-15-16-9-5-4-6-10-16/h4-6,8-10,12,14,18H,13,15H2,1-3H3,(H,23,26). The molecule has 0 saturated heterocycles. The minimum absolute atomic E-state index is 0.0451. The molecule has 1 amide bonds. The Kier molecular flexibility index (Phi) is 7.52. The van der Waals surface area contributed by atoms with Crippen molar-refractivity contribution >= 4 is 12.1 Å². The highest BCUT2D eigenvalue weighted by atomic mass is 16.6. The van der Waals surface area contributed by atoms with E-state index >= 15 is 0 Å². The van der Waals surface area contributed by atoms with Crippen LogP contribution in [0.25, 0.3) is 0 Å². The molecular weight excluding hydrogens is 358 g/mol. The van der Waals surface area contributed by atoms with Crippen molar-refractivity contribution in [2.24, 2.45) is 0 Å². The Balaban J connectivity index is 2.02. The maximum absolute atomic E-state index is 12.5. The van der Waals surface area contributed by atoms with Gasteiger partial charge in [0.15, 0.2) is 0 Å². The Morgan fingerprint density at radius 1 is 1.14 bits per heavy atom. The molecule has 2 rings (SSSR count). The first kappa shape index (κ1) is 20.9. The Hall–Kier alpha value is -3.40. The van der Waals surface area contributed by atoms with Crippen molar-refractivity contribution in [3.05, 3.63) is 59.9 Å². The zero-order valence-electron chi connectivity index (χ0n) is 16.1. The number of carbonyl (C=O) groups excluding carboxylic acids is 2. The van der Waals surface area contributed by atoms with Crippen LogP contribution in [0.1, 0.15) is 38.4 Å². The number of esters is 1. The lowest BCUT2D eigenvalue weighted by atomic mass is 10.2. The molecule has 1 heterocycles. The highest BCUT2D eigenvalue weighted by molar-refractivity contribution is 5.81. The summed E-state index contributed by atoms with van der Waals surface area (Å²) < 4.78 is 10.5. The number of hydrogen-bond acceptors (Lipinski definition) is 6. The van der Waals surface area contributed by atoms with Crippen LogP contribution in [0.5, 0.6) is 0 Å². The molecule has 0 bridgehead atoms. The number of benzene rings is 1. The summed E-state index contributed by atoms with van der Waals surface area (Å²) >= 11 is 0. The van der Waals surface area contributed by atoms with E-state index in [1.807, 2.05) is 30.3 Å². The van der Waals surface area contributed by atoms with Crippen LogP contribution in [0.4, 0.5) is 4.79 Å². The van der Waals surface area contributed by atoms with E-state index in [1.165, 1.54) is 0 Å². The zero-order chi connectivity index (χ0) is 20.4. The van der Waals surface area contributed by atoms with Crippen molar-refractivity contribution in [3.8, 4) is 11.8 Å². The highest BCUT2D eigenvalue weighted by Gasteiger charge is 2.25. The van der Waals surface area contributed by atoms with Crippen LogP contribution in [0, 0.1) is 11.8 Å². The van der Waals surface area contributed by atoms with E-state index in [-0.39, 0.29) is 13.0 Å². The summed E-state index contributed by atoms with van der Waals surface area (Å²) in [7, 11) is 0. The van der Waals surface area contributed by atoms with Crippen LogP contribution in [-0.2, 0) is 20.9 Å². The average Bonchev–Trinajstić information content (AvgIpc) is 2.65. The van der Waals surface area contributed by atoms with Gasteiger partial charge in [0.1, 0.15) is 23.9 Å². The van der Waals surface area contributed by atoms with E-state index in [0.717, 1.165) is 5.56 Å². The van der Waals surface area contributed by atoms with Crippen LogP contribution in [0.15, 0.2) is 48.7 Å². The van der Waals surface area contributed by atoms with Gasteiger partial charge in [0.05, 0.1) is 0 Å². The lowest BCUT2D eigenvalue weighted by molar-refractivity contribution is -0.147. The summed E-state index contributed by atoms with van der Waals surface area (Å²) in [5.74, 6) is 5.03. The molecule has 28 heavy (non-hydrogen) atoms. The second-order valence-electron chi connectivity index (χ2n) is 6.91. The molecular formula is C21H23N3O4. The van der Waals surface area contributed by atoms with Gasteiger partial charge in [-0.15, -0.1) is 5.10 Å². The highest BCUT2D eigenvalue weighted by Crippen LogP contribution is 2.08. The van der Waals surface area contributed by atoms with Crippen molar-refractivity contribution < 1.29 is 19.1 Å². The second kappa shape index (κ2) is 10.1. The summed E-state index contributed by atoms with van der Waals surface area (Å²) in [5.41, 5.74) is 0.627. The predicted octanol–water partition coefficient (Wildman–Crippen LogP) is 2.85. The molecule has 1 unspecified atom stereocenters. The van der Waals surface area contributed by atoms with E-state index < -0.39 is 23.7 Å². The fourth-order valence-corrected chi connectivity index (χ4v) is 2.08. The van der Waals surface area contributed by atoms with Crippen LogP contribution in [0.2, 0.25) is 0 Å². The third-order valence-corrected chi connectivity index (χ3v) is 3.29. The Labute approximate surface area is 164 Å². The first-order valence-corrected chi connectivity index (χ1v) is 8.80. The lowest BCUT2D eigenvalue weighted by Gasteiger charge is -2.22. The van der Waals surface area contributed by atoms with E-state index in [2.05, 4.69) is 27.4 Å². The van der Waals surface area contributed by atoms with Crippen LogP contribution < -0.4 is 5.32 Å². The molecule has 0 fully saturated rings. The smallest absolute Gasteiger partial charge is 0.408 e. The van der Waals surface area contributed by atoms with Gasteiger partial charge in [0.25, 0.3) is 0 Å². The van der Waals surface area contributed by atoms with Gasteiger partial charge in [-0.25, -0.2) is 9.59 Å². The fourth-order valence-electron chi connectivity index (χ4n) is 2.08. The normalized spacial score (nSPS) is 11.5. The first-order valence-electron chi connectivity index (χ1n) is 8.80. The summed E-state index contributed by atoms with van der Waals surface area (Å²) in [4.78, 5) is 24.5. The van der Waals surface area contributed by atoms with E-state index in [9.17, 15) is 9.59 Å². The topological polar surface area (TPSA) is 90.4 Å². The molecule has 0 spiro atoms. The minimum atomic E-state index is -0.970. The average molecular weight is 381 g/mol. The number of amides is 1. The molecule has 0 saturated carbocycles. The predicted molar refractivity (Wildman–Crippen MR) is 103 cm³/mol. The maximum Gasteiger partial charge on any atom is 0.408 e. The molecule has 1 aromatic carbocycles. The summed E-state index contributed by atoms with van der Waals surface area (Å²) in [6.07, 6.45) is 0.873. The van der Waals surface area contributed by atoms with Crippen molar-refractivity contribution in [2.45, 2.75) is 45.4 Å². The molecule has 2 aromatic rings. The van der Waals surface area contributed by atoms with Crippen molar-refractivity contribution in [1.29, 1.82) is 0 Å². The van der Waals surface area contributed by atoms with Crippen molar-refractivity contribution in [1.82, 2.24) is 15.5 Å². The number of rotatable bonds is 5. The molecule has 0 aliphatic rings. The van der Waals surface area contributed by atoms with Crippen LogP contribution in [0.3, 0.4) is 0 Å². The Morgan fingerprint density at radius 2 is 1.89 bits per heavy atom. The number of alkyl carbamates (subject to hydrolysis) is 1. The van der Waals surface area contributed by atoms with Gasteiger partial charge in [0, 0.05) is 12.6 Å². The monoisotopic (exact) mass is 381 g/mol. The molecule has 1 N–H and O–H groups in total. The van der Waals surface area contributed by atoms with Gasteiger partial charge >= 0.3 is 12.1 Å². The molecule has 7 heteroatoms. The maximum atomic E-state index is 12.5. The van der Waals surface area contributed by atoms with Crippen molar-refractivity contribution in [2.75, 3.05) is 0 Å². The molecule has 0 radical (unpaired) electrons. The molecule has 1 aromatic heterocycles. The Morgan fingerprint density at radius 3 is 2.54 bits per heavy atom. The largest absolute Gasteiger partial charge is 0.459 e. The molecule has 7 nitrogen and oxygen atoms in total. The molecule has 1 atom stereocenters. The molecule has 0 aliphatic heterocycles. The minimum Gasteiger partial charge on any atom is -0.459 e. The van der Waals surface area contributed by atoms with Gasteiger partial charge in [0.2, 0.25) is 0 Å². The number of nitrogens with one attached hydrogen (secondary N) is 1. The summed E-state index contributed by atoms with van der Waals surface area (Å²) in [6.45, 7) is 5.32. The van der Waals surface area contributed by atoms with Crippen LogP contribution >= 0.6 is 0 Å². The molecule has 0 aliphatic carbocycles. The van der Waals surface area contributed by atoms with E-state index in [1.54, 1.807) is 39.1 Å². The van der Waals surface area contributed by atoms with Gasteiger partial charge in [-0.2, -0.15) is 5.10 Å². The van der Waals surface area contributed by atoms with Gasteiger partial charge in [-0.3, -0.25) is 0 Å². The fraction of sp³-hybridized carbons (Fsp3) is 0.333.